The van der Waals surface area contributed by atoms with Crippen LogP contribution in [0.3, 0.4) is 0 Å². The molecule has 0 atom stereocenters. The van der Waals surface area contributed by atoms with Gasteiger partial charge in [-0.15, -0.1) is 0 Å². The average Bonchev–Trinajstić information content (AvgIpc) is 1.51. The van der Waals surface area contributed by atoms with E-state index in [2.05, 4.69) is 382 Å². The van der Waals surface area contributed by atoms with E-state index < -0.39 is 10.8 Å². The minimum Gasteiger partial charge on any atom is -0.457 e. The predicted octanol–water partition coefficient (Wildman–Crippen LogP) is 26.5. The third-order valence-electron chi connectivity index (χ3n) is 23.3. The zero-order chi connectivity index (χ0) is 73.9. The van der Waals surface area contributed by atoms with Crippen molar-refractivity contribution in [2.24, 2.45) is 0 Å². The third-order valence-corrected chi connectivity index (χ3v) is 23.3. The molecule has 0 N–H and O–H groups in total. The van der Waals surface area contributed by atoms with Crippen LogP contribution in [0.4, 0.5) is 0 Å². The highest BCUT2D eigenvalue weighted by Crippen LogP contribution is 2.64. The summed E-state index contributed by atoms with van der Waals surface area (Å²) >= 11 is 0. The third kappa shape index (κ3) is 10.3. The number of ether oxygens (including phenoxy) is 2. The Morgan fingerprint density at radius 1 is 0.152 bits per heavy atom. The summed E-state index contributed by atoms with van der Waals surface area (Å²) in [6.45, 7) is 0. The zero-order valence-electron chi connectivity index (χ0n) is 60.7. The van der Waals surface area contributed by atoms with Crippen molar-refractivity contribution in [2.75, 3.05) is 0 Å². The normalized spacial score (nSPS) is 13.1. The summed E-state index contributed by atoms with van der Waals surface area (Å²) in [4.78, 5) is 21.7. The van der Waals surface area contributed by atoms with Crippen LogP contribution in [0.5, 0.6) is 23.0 Å². The quantitative estimate of drug-likeness (QED) is 0.129. The SMILES string of the molecule is c1ccc(-c2cc(-c3cccc(-c4ccc(-c5ccc(-c6ccc7c(c6)Oc6ccccc6C76c7ccccc7-c7ccccc76)cc5)c(-c5nc(-c6ccccc6)cc(-c6ccccc6)n5)c4)c3)nc(-c3ccc(-c4ccccc4-c4ccc5c(c4)Oc4ccccc4C54c5ccccc5-c5ccccc54)cc3)n2)cc1. The van der Waals surface area contributed by atoms with E-state index in [0.717, 1.165) is 157 Å². The lowest BCUT2D eigenvalue weighted by Gasteiger charge is -2.39. The summed E-state index contributed by atoms with van der Waals surface area (Å²) in [5.41, 5.74) is 33.2. The predicted molar refractivity (Wildman–Crippen MR) is 452 cm³/mol. The van der Waals surface area contributed by atoms with Gasteiger partial charge in [0.25, 0.3) is 0 Å². The topological polar surface area (TPSA) is 70.0 Å². The number of hydrogen-bond donors (Lipinski definition) is 0. The van der Waals surface area contributed by atoms with Crippen LogP contribution in [0.25, 0.3) is 146 Å². The Kier molecular flexibility index (Phi) is 15.0. The van der Waals surface area contributed by atoms with Crippen molar-refractivity contribution in [2.45, 2.75) is 10.8 Å². The van der Waals surface area contributed by atoms with Crippen molar-refractivity contribution in [3.63, 3.8) is 0 Å². The van der Waals surface area contributed by atoms with E-state index in [1.54, 1.807) is 0 Å². The first-order valence-electron chi connectivity index (χ1n) is 38.2. The second-order valence-corrected chi connectivity index (χ2v) is 29.4. The Morgan fingerprint density at radius 2 is 0.455 bits per heavy atom. The van der Waals surface area contributed by atoms with Gasteiger partial charge in [-0.05, 0) is 149 Å². The molecular weight excluding hydrogens is 1360 g/mol. The highest BCUT2D eigenvalue weighted by Gasteiger charge is 2.53. The van der Waals surface area contributed by atoms with Crippen molar-refractivity contribution in [1.29, 1.82) is 0 Å². The molecular formula is C106H66N4O2. The van der Waals surface area contributed by atoms with Gasteiger partial charge < -0.3 is 9.47 Å². The largest absolute Gasteiger partial charge is 0.457 e. The second-order valence-electron chi connectivity index (χ2n) is 29.4. The Morgan fingerprint density at radius 3 is 0.938 bits per heavy atom. The van der Waals surface area contributed by atoms with Crippen molar-refractivity contribution in [3.05, 3.63) is 445 Å². The van der Waals surface area contributed by atoms with E-state index in [1.165, 1.54) is 44.5 Å². The first kappa shape index (κ1) is 64.5. The van der Waals surface area contributed by atoms with Gasteiger partial charge in [0.1, 0.15) is 23.0 Å². The molecule has 2 aromatic heterocycles. The lowest BCUT2D eigenvalue weighted by Crippen LogP contribution is -2.32. The molecule has 0 fully saturated rings. The molecule has 2 spiro atoms. The Hall–Kier alpha value is -14.7. The fourth-order valence-corrected chi connectivity index (χ4v) is 18.3. The second kappa shape index (κ2) is 26.0. The van der Waals surface area contributed by atoms with E-state index in [9.17, 15) is 0 Å². The maximum atomic E-state index is 6.98. The summed E-state index contributed by atoms with van der Waals surface area (Å²) in [5, 5.41) is 0. The molecule has 16 aromatic carbocycles. The fraction of sp³-hybridized carbons (Fsp3) is 0.0189. The number of hydrogen-bond acceptors (Lipinski definition) is 6. The molecule has 4 aliphatic rings. The number of benzene rings is 16. The van der Waals surface area contributed by atoms with Gasteiger partial charge in [-0.1, -0.05) is 352 Å². The fourth-order valence-electron chi connectivity index (χ4n) is 18.3. The maximum Gasteiger partial charge on any atom is 0.161 e. The molecule has 0 bridgehead atoms. The molecule has 6 nitrogen and oxygen atoms in total. The van der Waals surface area contributed by atoms with E-state index in [0.29, 0.717) is 11.6 Å². The maximum absolute atomic E-state index is 6.98. The standard InChI is InChI=1S/C106H66N4O2/c1-4-25-70(26-5-1)95-66-98(108-103(107-95)73-53-51-68(52-54-73)79-33-10-11-34-80(79)77-57-60-94-102(64-77)112-100-46-23-21-44-92(100)106(94)89-41-18-14-37-84(89)85-38-15-19-42-90(85)106)78-32-24-31-74(61-78)75-55-58-81(86(62-75)104-109-96(71-27-6-2-7-28-71)65-97(110-104)72-29-8-3-9-30-72)69-49-47-67(48-50-69)76-56-59-93-101(63-76)111-99-45-22-20-43-91(99)105(93)87-39-16-12-35-82(87)83-36-13-17-40-88(83)105/h1-66H. The molecule has 0 saturated heterocycles. The minimum atomic E-state index is -0.540. The summed E-state index contributed by atoms with van der Waals surface area (Å²) in [6.07, 6.45) is 0. The van der Waals surface area contributed by atoms with Crippen molar-refractivity contribution >= 4 is 0 Å². The Bertz CT molecular complexity index is 6660. The molecule has 6 heteroatoms. The molecule has 22 rings (SSSR count). The van der Waals surface area contributed by atoms with Crippen LogP contribution < -0.4 is 9.47 Å². The highest BCUT2D eigenvalue weighted by molar-refractivity contribution is 5.94. The molecule has 522 valence electrons. The average molecular weight is 1430 g/mol. The van der Waals surface area contributed by atoms with E-state index in [-0.39, 0.29) is 0 Å². The first-order valence-corrected chi connectivity index (χ1v) is 38.2. The summed E-state index contributed by atoms with van der Waals surface area (Å²) in [5.74, 6) is 4.68. The van der Waals surface area contributed by atoms with E-state index >= 15 is 0 Å². The van der Waals surface area contributed by atoms with E-state index in [4.69, 9.17) is 29.4 Å². The lowest BCUT2D eigenvalue weighted by molar-refractivity contribution is 0.436. The van der Waals surface area contributed by atoms with Gasteiger partial charge in [0.05, 0.1) is 33.6 Å². The van der Waals surface area contributed by atoms with Gasteiger partial charge in [0.15, 0.2) is 11.6 Å². The van der Waals surface area contributed by atoms with Crippen LogP contribution in [0, 0.1) is 0 Å². The highest BCUT2D eigenvalue weighted by atomic mass is 16.5. The monoisotopic (exact) mass is 1430 g/mol. The number of fused-ring (bicyclic) bond motifs is 18. The van der Waals surface area contributed by atoms with Crippen LogP contribution in [0.2, 0.25) is 0 Å². The van der Waals surface area contributed by atoms with Gasteiger partial charge in [-0.3, -0.25) is 0 Å². The number of aromatic nitrogens is 4. The van der Waals surface area contributed by atoms with Crippen LogP contribution in [-0.2, 0) is 10.8 Å². The molecule has 2 aliphatic carbocycles. The van der Waals surface area contributed by atoms with Crippen LogP contribution in [0.15, 0.2) is 400 Å². The number of nitrogens with zero attached hydrogens (tertiary/aromatic N) is 4. The molecule has 4 heterocycles. The smallest absolute Gasteiger partial charge is 0.161 e. The van der Waals surface area contributed by atoms with Gasteiger partial charge in [-0.2, -0.15) is 0 Å². The van der Waals surface area contributed by atoms with Crippen LogP contribution in [0.1, 0.15) is 44.5 Å². The molecule has 112 heavy (non-hydrogen) atoms. The van der Waals surface area contributed by atoms with E-state index in [1.807, 2.05) is 18.2 Å². The molecule has 0 radical (unpaired) electrons. The molecule has 0 unspecified atom stereocenters. The number of para-hydroxylation sites is 2. The number of rotatable bonds is 11. The van der Waals surface area contributed by atoms with Crippen molar-refractivity contribution in [1.82, 2.24) is 19.9 Å². The van der Waals surface area contributed by atoms with Crippen LogP contribution >= 0.6 is 0 Å². The van der Waals surface area contributed by atoms with Crippen molar-refractivity contribution in [3.8, 4) is 169 Å². The molecule has 2 aliphatic heterocycles. The lowest BCUT2D eigenvalue weighted by atomic mass is 9.66. The molecule has 0 saturated carbocycles. The Balaban J connectivity index is 0.621. The summed E-state index contributed by atoms with van der Waals surface area (Å²) in [6, 6.07) is 143. The zero-order valence-corrected chi connectivity index (χ0v) is 60.7. The summed E-state index contributed by atoms with van der Waals surface area (Å²) < 4.78 is 13.9. The Labute approximate surface area is 649 Å². The van der Waals surface area contributed by atoms with Gasteiger partial charge in [0, 0.05) is 55.6 Å². The minimum absolute atomic E-state index is 0.538. The van der Waals surface area contributed by atoms with Gasteiger partial charge >= 0.3 is 0 Å². The van der Waals surface area contributed by atoms with Crippen molar-refractivity contribution < 1.29 is 9.47 Å². The summed E-state index contributed by atoms with van der Waals surface area (Å²) in [7, 11) is 0. The van der Waals surface area contributed by atoms with Crippen LogP contribution in [-0.4, -0.2) is 19.9 Å². The molecule has 18 aromatic rings. The van der Waals surface area contributed by atoms with Gasteiger partial charge in [0.2, 0.25) is 0 Å². The molecule has 0 amide bonds. The van der Waals surface area contributed by atoms with Gasteiger partial charge in [-0.25, -0.2) is 19.9 Å². The first-order chi connectivity index (χ1) is 55.5.